The lowest BCUT2D eigenvalue weighted by Gasteiger charge is -2.28. The van der Waals surface area contributed by atoms with Crippen LogP contribution >= 0.6 is 27.5 Å². The molecule has 0 saturated heterocycles. The van der Waals surface area contributed by atoms with Gasteiger partial charge in [-0.15, -0.1) is 0 Å². The molecule has 17 heavy (non-hydrogen) atoms. The molecule has 2 nitrogen and oxygen atoms in total. The van der Waals surface area contributed by atoms with E-state index in [0.29, 0.717) is 0 Å². The first-order valence-corrected chi connectivity index (χ1v) is 7.03. The lowest BCUT2D eigenvalue weighted by Crippen LogP contribution is -2.32. The van der Waals surface area contributed by atoms with Crippen LogP contribution in [0.4, 0.5) is 0 Å². The fourth-order valence-corrected chi connectivity index (χ4v) is 2.17. The van der Waals surface area contributed by atoms with Crippen LogP contribution in [0.5, 0.6) is 5.75 Å². The summed E-state index contributed by atoms with van der Waals surface area (Å²) in [4.78, 5) is 0. The summed E-state index contributed by atoms with van der Waals surface area (Å²) < 4.78 is 5.45. The highest BCUT2D eigenvalue weighted by Crippen LogP contribution is 2.35. The van der Waals surface area contributed by atoms with E-state index < -0.39 is 0 Å². The molecule has 0 atom stereocenters. The number of alkyl halides is 1. The van der Waals surface area contributed by atoms with Gasteiger partial charge in [0.25, 0.3) is 0 Å². The van der Waals surface area contributed by atoms with Crippen LogP contribution < -0.4 is 10.1 Å². The molecule has 0 aromatic heterocycles. The van der Waals surface area contributed by atoms with Crippen LogP contribution in [-0.4, -0.2) is 19.1 Å². The molecule has 4 heteroatoms. The second-order valence-corrected chi connectivity index (χ2v) is 5.71. The number of aryl methyl sites for hydroxylation is 1. The molecule has 0 aliphatic carbocycles. The normalized spacial score (nSPS) is 11.6. The second kappa shape index (κ2) is 6.07. The van der Waals surface area contributed by atoms with E-state index in [1.165, 1.54) is 0 Å². The fraction of sp³-hybridized carbons (Fsp3) is 0.538. The Balaban J connectivity index is 3.14. The minimum atomic E-state index is -0.0313. The number of hydrogen-bond acceptors (Lipinski definition) is 2. The molecule has 0 aliphatic rings. The van der Waals surface area contributed by atoms with Crippen LogP contribution in [0.25, 0.3) is 0 Å². The van der Waals surface area contributed by atoms with Gasteiger partial charge in [-0.3, -0.25) is 0 Å². The van der Waals surface area contributed by atoms with Crippen LogP contribution in [0.3, 0.4) is 0 Å². The number of hydrogen-bond donors (Lipinski definition) is 1. The Morgan fingerprint density at radius 1 is 1.41 bits per heavy atom. The van der Waals surface area contributed by atoms with E-state index in [1.807, 2.05) is 19.1 Å². The van der Waals surface area contributed by atoms with Crippen molar-refractivity contribution >= 4 is 27.5 Å². The third-order valence-electron chi connectivity index (χ3n) is 2.87. The Morgan fingerprint density at radius 3 is 2.59 bits per heavy atom. The molecule has 0 amide bonds. The van der Waals surface area contributed by atoms with Crippen molar-refractivity contribution < 1.29 is 4.74 Å². The molecule has 1 N–H and O–H groups in total. The highest BCUT2D eigenvalue weighted by atomic mass is 79.9. The summed E-state index contributed by atoms with van der Waals surface area (Å²) in [5.41, 5.74) is 2.91. The van der Waals surface area contributed by atoms with Crippen molar-refractivity contribution in [3.05, 3.63) is 28.3 Å². The Labute approximate surface area is 117 Å². The molecule has 1 aromatic carbocycles. The molecule has 0 fully saturated rings. The largest absolute Gasteiger partial charge is 0.496 e. The predicted octanol–water partition coefficient (Wildman–Crippen LogP) is 3.88. The quantitative estimate of drug-likeness (QED) is 0.657. The maximum atomic E-state index is 6.20. The van der Waals surface area contributed by atoms with E-state index >= 15 is 0 Å². The zero-order chi connectivity index (χ0) is 13.1. The Bertz CT molecular complexity index is 393. The van der Waals surface area contributed by atoms with Crippen molar-refractivity contribution in [2.45, 2.75) is 26.2 Å². The number of rotatable bonds is 5. The summed E-state index contributed by atoms with van der Waals surface area (Å²) in [6.45, 7) is 7.19. The van der Waals surface area contributed by atoms with Gasteiger partial charge in [-0.2, -0.15) is 0 Å². The SMILES string of the molecule is COc1cc(C)c(Cl)cc1C(C)(C)CNCBr. The number of halogens is 2. The number of ether oxygens (including phenoxy) is 1. The minimum Gasteiger partial charge on any atom is -0.496 e. The summed E-state index contributed by atoms with van der Waals surface area (Å²) >= 11 is 9.57. The van der Waals surface area contributed by atoms with Crippen LogP contribution in [0.1, 0.15) is 25.0 Å². The third-order valence-corrected chi connectivity index (χ3v) is 3.68. The first-order valence-electron chi connectivity index (χ1n) is 5.53. The van der Waals surface area contributed by atoms with E-state index in [4.69, 9.17) is 16.3 Å². The van der Waals surface area contributed by atoms with Gasteiger partial charge in [-0.1, -0.05) is 41.4 Å². The van der Waals surface area contributed by atoms with Crippen molar-refractivity contribution in [1.82, 2.24) is 5.32 Å². The smallest absolute Gasteiger partial charge is 0.123 e. The van der Waals surface area contributed by atoms with Crippen molar-refractivity contribution in [2.75, 3.05) is 19.1 Å². The topological polar surface area (TPSA) is 21.3 Å². The molecule has 0 bridgehead atoms. The Hall–Kier alpha value is -0.250. The van der Waals surface area contributed by atoms with Crippen molar-refractivity contribution in [3.63, 3.8) is 0 Å². The lowest BCUT2D eigenvalue weighted by molar-refractivity contribution is 0.388. The number of nitrogens with one attached hydrogen (secondary N) is 1. The standard InChI is InChI=1S/C13H19BrClNO/c1-9-5-12(17-4)10(6-11(9)15)13(2,3)7-16-8-14/h5-6,16H,7-8H2,1-4H3. The Kier molecular flexibility index (Phi) is 5.29. The maximum Gasteiger partial charge on any atom is 0.123 e. The molecular weight excluding hydrogens is 302 g/mol. The first kappa shape index (κ1) is 14.8. The van der Waals surface area contributed by atoms with Crippen molar-refractivity contribution in [2.24, 2.45) is 0 Å². The van der Waals surface area contributed by atoms with E-state index in [1.54, 1.807) is 7.11 Å². The van der Waals surface area contributed by atoms with E-state index in [0.717, 1.165) is 33.9 Å². The molecule has 96 valence electrons. The predicted molar refractivity (Wildman–Crippen MR) is 77.6 cm³/mol. The van der Waals surface area contributed by atoms with Crippen LogP contribution in [0.2, 0.25) is 5.02 Å². The summed E-state index contributed by atoms with van der Waals surface area (Å²) in [7, 11) is 1.69. The average Bonchev–Trinajstić information content (AvgIpc) is 2.29. The molecule has 0 spiro atoms. The molecule has 1 rings (SSSR count). The number of benzene rings is 1. The van der Waals surface area contributed by atoms with Gasteiger partial charge >= 0.3 is 0 Å². The van der Waals surface area contributed by atoms with Crippen LogP contribution in [0, 0.1) is 6.92 Å². The molecule has 1 aromatic rings. The van der Waals surface area contributed by atoms with E-state index in [9.17, 15) is 0 Å². The highest BCUT2D eigenvalue weighted by Gasteiger charge is 2.25. The Morgan fingerprint density at radius 2 is 2.06 bits per heavy atom. The van der Waals surface area contributed by atoms with Crippen LogP contribution in [-0.2, 0) is 5.41 Å². The van der Waals surface area contributed by atoms with E-state index in [2.05, 4.69) is 35.1 Å². The monoisotopic (exact) mass is 319 g/mol. The van der Waals surface area contributed by atoms with Crippen molar-refractivity contribution in [1.29, 1.82) is 0 Å². The summed E-state index contributed by atoms with van der Waals surface area (Å²) in [6, 6.07) is 4.00. The van der Waals surface area contributed by atoms with Gasteiger partial charge in [0, 0.05) is 22.5 Å². The van der Waals surface area contributed by atoms with Gasteiger partial charge in [-0.05, 0) is 24.6 Å². The van der Waals surface area contributed by atoms with Crippen LogP contribution in [0.15, 0.2) is 12.1 Å². The third kappa shape index (κ3) is 3.60. The molecule has 0 saturated carbocycles. The number of methoxy groups -OCH3 is 1. The molecule has 0 radical (unpaired) electrons. The summed E-state index contributed by atoms with van der Waals surface area (Å²) in [6.07, 6.45) is 0. The van der Waals surface area contributed by atoms with Gasteiger partial charge in [0.2, 0.25) is 0 Å². The van der Waals surface area contributed by atoms with Crippen molar-refractivity contribution in [3.8, 4) is 5.75 Å². The average molecular weight is 321 g/mol. The highest BCUT2D eigenvalue weighted by molar-refractivity contribution is 9.09. The van der Waals surface area contributed by atoms with Gasteiger partial charge in [0.15, 0.2) is 0 Å². The molecule has 0 aliphatic heterocycles. The zero-order valence-corrected chi connectivity index (χ0v) is 13.1. The molecule has 0 unspecified atom stereocenters. The lowest BCUT2D eigenvalue weighted by atomic mass is 9.83. The fourth-order valence-electron chi connectivity index (χ4n) is 1.81. The first-order chi connectivity index (χ1) is 7.92. The summed E-state index contributed by atoms with van der Waals surface area (Å²) in [5.74, 6) is 0.897. The van der Waals surface area contributed by atoms with Gasteiger partial charge in [0.05, 0.1) is 12.6 Å². The summed E-state index contributed by atoms with van der Waals surface area (Å²) in [5, 5.41) is 4.08. The zero-order valence-electron chi connectivity index (χ0n) is 10.7. The van der Waals surface area contributed by atoms with Gasteiger partial charge < -0.3 is 10.1 Å². The molecule has 0 heterocycles. The molecular formula is C13H19BrClNO. The maximum absolute atomic E-state index is 6.20. The van der Waals surface area contributed by atoms with E-state index in [-0.39, 0.29) is 5.41 Å². The second-order valence-electron chi connectivity index (χ2n) is 4.75. The van der Waals surface area contributed by atoms with Gasteiger partial charge in [-0.25, -0.2) is 0 Å². The minimum absolute atomic E-state index is 0.0313. The van der Waals surface area contributed by atoms with Gasteiger partial charge in [0.1, 0.15) is 5.75 Å².